The average Bonchev–Trinajstić information content (AvgIpc) is 2.76. The van der Waals surface area contributed by atoms with Crippen LogP contribution in [0.15, 0.2) is 42.6 Å². The molecule has 7 heteroatoms. The number of hydrogen-bond acceptors (Lipinski definition) is 4. The van der Waals surface area contributed by atoms with Crippen molar-refractivity contribution in [3.05, 3.63) is 59.7 Å². The lowest BCUT2D eigenvalue weighted by Crippen LogP contribution is -2.31. The minimum absolute atomic E-state index is 0.0635. The molecule has 0 unspecified atom stereocenters. The fraction of sp³-hybridized carbons (Fsp3) is 0.353. The molecule has 0 radical (unpaired) electrons. The van der Waals surface area contributed by atoms with Gasteiger partial charge in [-0.1, -0.05) is 6.07 Å². The number of sulfonamides is 1. The molecule has 128 valence electrons. The fourth-order valence-electron chi connectivity index (χ4n) is 2.73. The van der Waals surface area contributed by atoms with Gasteiger partial charge in [0.2, 0.25) is 10.0 Å². The lowest BCUT2D eigenvalue weighted by molar-refractivity contribution is 0.315. The van der Waals surface area contributed by atoms with Gasteiger partial charge >= 0.3 is 0 Å². The maximum absolute atomic E-state index is 13.6. The van der Waals surface area contributed by atoms with Crippen LogP contribution in [-0.4, -0.2) is 25.8 Å². The van der Waals surface area contributed by atoms with Crippen molar-refractivity contribution in [3.8, 4) is 5.75 Å². The van der Waals surface area contributed by atoms with E-state index in [-0.39, 0.29) is 5.75 Å². The molecular weight excluding hydrogens is 331 g/mol. The Hall–Kier alpha value is -1.99. The van der Waals surface area contributed by atoms with E-state index in [2.05, 4.69) is 9.71 Å². The van der Waals surface area contributed by atoms with Crippen LogP contribution in [0.3, 0.4) is 0 Å². The van der Waals surface area contributed by atoms with Crippen molar-refractivity contribution >= 4 is 10.0 Å². The second kappa shape index (κ2) is 7.27. The molecule has 3 rings (SSSR count). The van der Waals surface area contributed by atoms with Crippen molar-refractivity contribution < 1.29 is 17.5 Å². The summed E-state index contributed by atoms with van der Waals surface area (Å²) in [7, 11) is -3.52. The molecule has 1 aromatic heterocycles. The first-order valence-corrected chi connectivity index (χ1v) is 9.51. The van der Waals surface area contributed by atoms with Gasteiger partial charge in [-0.3, -0.25) is 4.98 Å². The SMILES string of the molecule is O=S(=O)(CCc1ccccn1)N[C@@H]1CCCOc2ccc(F)cc21. The molecular formula is C17H19FN2O3S. The van der Waals surface area contributed by atoms with E-state index in [1.165, 1.54) is 12.1 Å². The van der Waals surface area contributed by atoms with Crippen molar-refractivity contribution in [2.75, 3.05) is 12.4 Å². The molecule has 0 bridgehead atoms. The minimum atomic E-state index is -3.52. The summed E-state index contributed by atoms with van der Waals surface area (Å²) in [5.74, 6) is 0.0645. The summed E-state index contributed by atoms with van der Waals surface area (Å²) in [5.41, 5.74) is 1.27. The molecule has 2 heterocycles. The average molecular weight is 350 g/mol. The van der Waals surface area contributed by atoms with Gasteiger partial charge in [0.05, 0.1) is 18.4 Å². The largest absolute Gasteiger partial charge is 0.493 e. The normalized spacial score (nSPS) is 17.6. The number of fused-ring (bicyclic) bond motifs is 1. The zero-order valence-corrected chi connectivity index (χ0v) is 13.9. The Morgan fingerprint density at radius 2 is 2.17 bits per heavy atom. The number of ether oxygens (including phenoxy) is 1. The van der Waals surface area contributed by atoms with Crippen molar-refractivity contribution in [1.82, 2.24) is 9.71 Å². The highest BCUT2D eigenvalue weighted by Crippen LogP contribution is 2.32. The van der Waals surface area contributed by atoms with Gasteiger partial charge in [0, 0.05) is 23.9 Å². The van der Waals surface area contributed by atoms with Gasteiger partial charge in [0.15, 0.2) is 0 Å². The molecule has 1 aliphatic heterocycles. The summed E-state index contributed by atoms with van der Waals surface area (Å²) in [6, 6.07) is 9.12. The van der Waals surface area contributed by atoms with Crippen molar-refractivity contribution in [1.29, 1.82) is 0 Å². The Balaban J connectivity index is 1.73. The second-order valence-electron chi connectivity index (χ2n) is 5.73. The number of aryl methyl sites for hydroxylation is 1. The lowest BCUT2D eigenvalue weighted by Gasteiger charge is -2.18. The number of benzene rings is 1. The first-order chi connectivity index (χ1) is 11.5. The fourth-order valence-corrected chi connectivity index (χ4v) is 4.01. The third kappa shape index (κ3) is 4.30. The number of nitrogens with one attached hydrogen (secondary N) is 1. The number of halogens is 1. The molecule has 0 amide bonds. The number of rotatable bonds is 5. The third-order valence-corrected chi connectivity index (χ3v) is 5.30. The Kier molecular flexibility index (Phi) is 5.11. The van der Waals surface area contributed by atoms with E-state index in [4.69, 9.17) is 4.74 Å². The number of hydrogen-bond donors (Lipinski definition) is 1. The maximum Gasteiger partial charge on any atom is 0.212 e. The van der Waals surface area contributed by atoms with Gasteiger partial charge in [-0.15, -0.1) is 0 Å². The standard InChI is InChI=1S/C17H19FN2O3S/c18-13-6-7-17-15(12-13)16(5-3-10-23-17)20-24(21,22)11-8-14-4-1-2-9-19-14/h1-2,4,6-7,9,12,16,20H,3,5,8,10-11H2/t16-/m1/s1. The molecule has 2 aromatic rings. The maximum atomic E-state index is 13.6. The highest BCUT2D eigenvalue weighted by atomic mass is 32.2. The van der Waals surface area contributed by atoms with Crippen LogP contribution >= 0.6 is 0 Å². The van der Waals surface area contributed by atoms with Gasteiger partial charge in [0.25, 0.3) is 0 Å². The Morgan fingerprint density at radius 1 is 1.29 bits per heavy atom. The van der Waals surface area contributed by atoms with Crippen LogP contribution in [0, 0.1) is 5.82 Å². The quantitative estimate of drug-likeness (QED) is 0.900. The van der Waals surface area contributed by atoms with Gasteiger partial charge in [-0.25, -0.2) is 17.5 Å². The van der Waals surface area contributed by atoms with Crippen LogP contribution in [0.1, 0.15) is 30.1 Å². The minimum Gasteiger partial charge on any atom is -0.493 e. The van der Waals surface area contributed by atoms with E-state index >= 15 is 0 Å². The second-order valence-corrected chi connectivity index (χ2v) is 7.61. The number of nitrogens with zero attached hydrogens (tertiary/aromatic N) is 1. The first-order valence-electron chi connectivity index (χ1n) is 7.86. The Labute approximate surface area is 140 Å². The molecule has 5 nitrogen and oxygen atoms in total. The van der Waals surface area contributed by atoms with Crippen LogP contribution in [0.25, 0.3) is 0 Å². The highest BCUT2D eigenvalue weighted by Gasteiger charge is 2.25. The van der Waals surface area contributed by atoms with E-state index in [9.17, 15) is 12.8 Å². The molecule has 1 N–H and O–H groups in total. The highest BCUT2D eigenvalue weighted by molar-refractivity contribution is 7.89. The van der Waals surface area contributed by atoms with Crippen LogP contribution in [0.4, 0.5) is 4.39 Å². The lowest BCUT2D eigenvalue weighted by atomic mass is 10.0. The van der Waals surface area contributed by atoms with E-state index in [0.29, 0.717) is 37.2 Å². The summed E-state index contributed by atoms with van der Waals surface area (Å²) in [5, 5.41) is 0. The zero-order valence-electron chi connectivity index (χ0n) is 13.1. The first kappa shape index (κ1) is 16.9. The van der Waals surface area contributed by atoms with Gasteiger partial charge in [0.1, 0.15) is 11.6 Å². The Morgan fingerprint density at radius 3 is 2.96 bits per heavy atom. The van der Waals surface area contributed by atoms with E-state index < -0.39 is 21.9 Å². The van der Waals surface area contributed by atoms with Crippen molar-refractivity contribution in [2.45, 2.75) is 25.3 Å². The molecule has 1 atom stereocenters. The smallest absolute Gasteiger partial charge is 0.212 e. The van der Waals surface area contributed by atoms with Gasteiger partial charge in [-0.2, -0.15) is 0 Å². The topological polar surface area (TPSA) is 68.3 Å². The summed E-state index contributed by atoms with van der Waals surface area (Å²) in [6.07, 6.45) is 3.23. The van der Waals surface area contributed by atoms with E-state index in [1.54, 1.807) is 24.4 Å². The summed E-state index contributed by atoms with van der Waals surface area (Å²) in [6.45, 7) is 0.491. The summed E-state index contributed by atoms with van der Waals surface area (Å²) < 4.78 is 46.6. The molecule has 0 saturated heterocycles. The van der Waals surface area contributed by atoms with Crippen LogP contribution in [0.5, 0.6) is 5.75 Å². The monoisotopic (exact) mass is 350 g/mol. The number of pyridine rings is 1. The molecule has 1 aliphatic rings. The molecule has 0 spiro atoms. The molecule has 1 aromatic carbocycles. The van der Waals surface area contributed by atoms with Crippen LogP contribution in [0.2, 0.25) is 0 Å². The summed E-state index contributed by atoms with van der Waals surface area (Å²) in [4.78, 5) is 4.13. The molecule has 24 heavy (non-hydrogen) atoms. The van der Waals surface area contributed by atoms with Gasteiger partial charge < -0.3 is 4.74 Å². The van der Waals surface area contributed by atoms with Crippen LogP contribution in [-0.2, 0) is 16.4 Å². The molecule has 0 saturated carbocycles. The number of aromatic nitrogens is 1. The van der Waals surface area contributed by atoms with Crippen LogP contribution < -0.4 is 9.46 Å². The van der Waals surface area contributed by atoms with E-state index in [0.717, 1.165) is 5.69 Å². The van der Waals surface area contributed by atoms with Gasteiger partial charge in [-0.05, 0) is 43.2 Å². The predicted molar refractivity (Wildman–Crippen MR) is 88.7 cm³/mol. The predicted octanol–water partition coefficient (Wildman–Crippen LogP) is 2.60. The van der Waals surface area contributed by atoms with Crippen molar-refractivity contribution in [2.24, 2.45) is 0 Å². The molecule has 0 aliphatic carbocycles. The zero-order chi connectivity index (χ0) is 17.0. The summed E-state index contributed by atoms with van der Waals surface area (Å²) >= 11 is 0. The van der Waals surface area contributed by atoms with E-state index in [1.807, 2.05) is 6.07 Å². The third-order valence-electron chi connectivity index (χ3n) is 3.92. The molecule has 0 fully saturated rings. The Bertz CT molecular complexity index is 797. The van der Waals surface area contributed by atoms with Crippen molar-refractivity contribution in [3.63, 3.8) is 0 Å².